The van der Waals surface area contributed by atoms with E-state index in [4.69, 9.17) is 14.2 Å². The lowest BCUT2D eigenvalue weighted by molar-refractivity contribution is -0.146. The lowest BCUT2D eigenvalue weighted by Crippen LogP contribution is -2.46. The smallest absolute Gasteiger partial charge is 0.308 e. The molecule has 1 aromatic rings. The van der Waals surface area contributed by atoms with Crippen LogP contribution in [-0.2, 0) is 32.2 Å². The van der Waals surface area contributed by atoms with Crippen molar-refractivity contribution >= 4 is 35.9 Å². The number of ether oxygens (including phenoxy) is 3. The maximum absolute atomic E-state index is 11.7. The summed E-state index contributed by atoms with van der Waals surface area (Å²) >= 11 is 0. The van der Waals surface area contributed by atoms with Crippen LogP contribution in [0.1, 0.15) is 36.8 Å². The van der Waals surface area contributed by atoms with E-state index in [1.54, 1.807) is 7.05 Å². The second kappa shape index (κ2) is 13.1. The van der Waals surface area contributed by atoms with E-state index < -0.39 is 0 Å². The van der Waals surface area contributed by atoms with Gasteiger partial charge in [0.1, 0.15) is 0 Å². The third-order valence-corrected chi connectivity index (χ3v) is 5.64. The van der Waals surface area contributed by atoms with Gasteiger partial charge in [-0.25, -0.2) is 0 Å². The first kappa shape index (κ1) is 24.9. The highest BCUT2D eigenvalue weighted by molar-refractivity contribution is 14.0. The molecule has 2 saturated heterocycles. The molecule has 2 fully saturated rings. The molecule has 0 saturated carbocycles. The van der Waals surface area contributed by atoms with Crippen LogP contribution >= 0.6 is 24.0 Å². The predicted molar refractivity (Wildman–Crippen MR) is 127 cm³/mol. The van der Waals surface area contributed by atoms with Gasteiger partial charge in [0.25, 0.3) is 0 Å². The van der Waals surface area contributed by atoms with Crippen molar-refractivity contribution in [3.63, 3.8) is 0 Å². The van der Waals surface area contributed by atoms with Crippen molar-refractivity contribution in [2.75, 3.05) is 40.5 Å². The highest BCUT2D eigenvalue weighted by Gasteiger charge is 2.26. The molecule has 0 aromatic heterocycles. The number of guanidine groups is 1. The topological polar surface area (TPSA) is 72.4 Å². The first-order valence-corrected chi connectivity index (χ1v) is 10.5. The van der Waals surface area contributed by atoms with Gasteiger partial charge in [-0.15, -0.1) is 24.0 Å². The lowest BCUT2D eigenvalue weighted by atomic mass is 9.97. The van der Waals surface area contributed by atoms with Gasteiger partial charge in [-0.05, 0) is 36.8 Å². The van der Waals surface area contributed by atoms with Gasteiger partial charge in [0.2, 0.25) is 0 Å². The summed E-state index contributed by atoms with van der Waals surface area (Å²) in [4.78, 5) is 18.3. The second-order valence-electron chi connectivity index (χ2n) is 7.63. The molecule has 0 spiro atoms. The number of carbonyl (C=O) groups excluding carboxylic acids is 1. The highest BCUT2D eigenvalue weighted by Crippen LogP contribution is 2.19. The molecule has 7 nitrogen and oxygen atoms in total. The summed E-state index contributed by atoms with van der Waals surface area (Å²) in [5.74, 6) is 0.770. The van der Waals surface area contributed by atoms with Crippen molar-refractivity contribution in [2.45, 2.75) is 44.9 Å². The third-order valence-electron chi connectivity index (χ3n) is 5.64. The van der Waals surface area contributed by atoms with E-state index in [9.17, 15) is 4.79 Å². The van der Waals surface area contributed by atoms with Gasteiger partial charge < -0.3 is 24.4 Å². The Hall–Kier alpha value is -1.39. The molecule has 3 rings (SSSR count). The van der Waals surface area contributed by atoms with Crippen molar-refractivity contribution in [3.8, 4) is 0 Å². The number of hydrogen-bond donors (Lipinski definition) is 1. The summed E-state index contributed by atoms with van der Waals surface area (Å²) in [7, 11) is 3.25. The zero-order chi connectivity index (χ0) is 20.5. The summed E-state index contributed by atoms with van der Waals surface area (Å²) in [6, 6.07) is 8.48. The van der Waals surface area contributed by atoms with Gasteiger partial charge in [0, 0.05) is 39.9 Å². The average Bonchev–Trinajstić information content (AvgIpc) is 2.79. The Labute approximate surface area is 196 Å². The number of piperidine rings is 1. The number of nitrogens with one attached hydrogen (secondary N) is 1. The summed E-state index contributed by atoms with van der Waals surface area (Å²) in [5.41, 5.74) is 2.38. The minimum absolute atomic E-state index is 0. The van der Waals surface area contributed by atoms with Gasteiger partial charge >= 0.3 is 5.97 Å². The molecule has 0 bridgehead atoms. The summed E-state index contributed by atoms with van der Waals surface area (Å²) in [6.45, 7) is 4.54. The summed E-state index contributed by atoms with van der Waals surface area (Å²) in [5, 5.41) is 3.45. The minimum Gasteiger partial charge on any atom is -0.469 e. The zero-order valence-corrected chi connectivity index (χ0v) is 20.3. The SMILES string of the molecule is CN=C(NCc1cccc(COC2CCOCC2)c1)N1CCC(C(=O)OC)CC1.I. The normalized spacial score (nSPS) is 18.6. The highest BCUT2D eigenvalue weighted by atomic mass is 127. The summed E-state index contributed by atoms with van der Waals surface area (Å²) < 4.78 is 16.3. The average molecular weight is 531 g/mol. The third kappa shape index (κ3) is 7.39. The zero-order valence-electron chi connectivity index (χ0n) is 18.0. The Morgan fingerprint density at radius 1 is 1.20 bits per heavy atom. The van der Waals surface area contributed by atoms with Crippen LogP contribution in [0, 0.1) is 5.92 Å². The number of nitrogens with zero attached hydrogens (tertiary/aromatic N) is 2. The fourth-order valence-corrected chi connectivity index (χ4v) is 3.89. The number of rotatable bonds is 6. The van der Waals surface area contributed by atoms with Crippen molar-refractivity contribution < 1.29 is 19.0 Å². The predicted octanol–water partition coefficient (Wildman–Crippen LogP) is 2.96. The Balaban J connectivity index is 0.00000320. The molecule has 1 aromatic carbocycles. The molecule has 0 amide bonds. The number of hydrogen-bond acceptors (Lipinski definition) is 5. The van der Waals surface area contributed by atoms with E-state index in [-0.39, 0.29) is 35.9 Å². The fourth-order valence-electron chi connectivity index (χ4n) is 3.89. The number of benzene rings is 1. The van der Waals surface area contributed by atoms with Crippen LogP contribution in [0.4, 0.5) is 0 Å². The van der Waals surface area contributed by atoms with Crippen LogP contribution in [0.5, 0.6) is 0 Å². The number of esters is 1. The first-order valence-electron chi connectivity index (χ1n) is 10.5. The second-order valence-corrected chi connectivity index (χ2v) is 7.63. The summed E-state index contributed by atoms with van der Waals surface area (Å²) in [6.07, 6.45) is 3.85. The number of carbonyl (C=O) groups is 1. The van der Waals surface area contributed by atoms with Gasteiger partial charge in [0.05, 0.1) is 25.7 Å². The Morgan fingerprint density at radius 3 is 2.57 bits per heavy atom. The fraction of sp³-hybridized carbons (Fsp3) is 0.636. The maximum atomic E-state index is 11.7. The molecule has 2 aliphatic rings. The van der Waals surface area contributed by atoms with Crippen molar-refractivity contribution in [1.29, 1.82) is 0 Å². The van der Waals surface area contributed by atoms with E-state index >= 15 is 0 Å². The van der Waals surface area contributed by atoms with E-state index in [2.05, 4.69) is 39.5 Å². The monoisotopic (exact) mass is 531 g/mol. The Morgan fingerprint density at radius 2 is 1.90 bits per heavy atom. The van der Waals surface area contributed by atoms with Gasteiger partial charge in [-0.3, -0.25) is 9.79 Å². The minimum atomic E-state index is -0.104. The maximum Gasteiger partial charge on any atom is 0.308 e. The molecule has 168 valence electrons. The molecule has 8 heteroatoms. The standard InChI is InChI=1S/C22H33N3O4.HI/c1-23-22(25-10-6-19(7-11-25)21(26)27-2)24-15-17-4-3-5-18(14-17)16-29-20-8-12-28-13-9-20;/h3-5,14,19-20H,6-13,15-16H2,1-2H3,(H,23,24);1H. The largest absolute Gasteiger partial charge is 0.469 e. The molecular formula is C22H34IN3O4. The van der Waals surface area contributed by atoms with Crippen molar-refractivity contribution in [3.05, 3.63) is 35.4 Å². The van der Waals surface area contributed by atoms with Crippen LogP contribution in [-0.4, -0.2) is 63.4 Å². The molecule has 0 unspecified atom stereocenters. The van der Waals surface area contributed by atoms with E-state index in [1.807, 2.05) is 0 Å². The number of halogens is 1. The Bertz CT molecular complexity index is 687. The lowest BCUT2D eigenvalue weighted by Gasteiger charge is -2.33. The Kier molecular flexibility index (Phi) is 10.9. The number of methoxy groups -OCH3 is 1. The first-order chi connectivity index (χ1) is 14.2. The van der Waals surface area contributed by atoms with E-state index in [0.29, 0.717) is 19.3 Å². The van der Waals surface area contributed by atoms with Gasteiger partial charge in [-0.1, -0.05) is 24.3 Å². The van der Waals surface area contributed by atoms with Crippen molar-refractivity contribution in [2.24, 2.45) is 10.9 Å². The molecule has 30 heavy (non-hydrogen) atoms. The molecule has 0 radical (unpaired) electrons. The van der Waals surface area contributed by atoms with Crippen LogP contribution < -0.4 is 5.32 Å². The molecular weight excluding hydrogens is 497 g/mol. The number of aliphatic imine (C=N–C) groups is 1. The molecule has 0 atom stereocenters. The van der Waals surface area contributed by atoms with Crippen LogP contribution in [0.2, 0.25) is 0 Å². The van der Waals surface area contributed by atoms with E-state index in [0.717, 1.165) is 57.9 Å². The van der Waals surface area contributed by atoms with Gasteiger partial charge in [-0.2, -0.15) is 0 Å². The van der Waals surface area contributed by atoms with E-state index in [1.165, 1.54) is 18.2 Å². The van der Waals surface area contributed by atoms with Crippen LogP contribution in [0.25, 0.3) is 0 Å². The molecule has 2 heterocycles. The molecule has 0 aliphatic carbocycles. The molecule has 1 N–H and O–H groups in total. The van der Waals surface area contributed by atoms with Crippen molar-refractivity contribution in [1.82, 2.24) is 10.2 Å². The van der Waals surface area contributed by atoms with Crippen LogP contribution in [0.15, 0.2) is 29.3 Å². The van der Waals surface area contributed by atoms with Gasteiger partial charge in [0.15, 0.2) is 5.96 Å². The quantitative estimate of drug-likeness (QED) is 0.264. The van der Waals surface area contributed by atoms with Crippen LogP contribution in [0.3, 0.4) is 0 Å². The number of likely N-dealkylation sites (tertiary alicyclic amines) is 1. The molecule has 2 aliphatic heterocycles.